The van der Waals surface area contributed by atoms with Crippen LogP contribution in [0, 0.1) is 0 Å². The van der Waals surface area contributed by atoms with Crippen molar-refractivity contribution in [3.05, 3.63) is 91.4 Å². The molecule has 152 valence electrons. The Morgan fingerprint density at radius 1 is 0.690 bits per heavy atom. The summed E-state index contributed by atoms with van der Waals surface area (Å²) < 4.78 is 33.8. The van der Waals surface area contributed by atoms with E-state index < -0.39 is 31.9 Å². The van der Waals surface area contributed by atoms with Gasteiger partial charge in [0.05, 0.1) is 25.7 Å². The second kappa shape index (κ2) is 7.87. The summed E-state index contributed by atoms with van der Waals surface area (Å²) in [6, 6.07) is 11.3. The third kappa shape index (κ3) is 3.65. The lowest BCUT2D eigenvalue weighted by atomic mass is 9.83. The topological polar surface area (TPSA) is 94.8 Å². The molecule has 0 aliphatic carbocycles. The van der Waals surface area contributed by atoms with E-state index in [9.17, 15) is 23.2 Å². The number of phenolic OH excluding ortho intramolecular Hbond substituents is 2. The third-order valence-corrected chi connectivity index (χ3v) is 7.34. The second-order valence-electron chi connectivity index (χ2n) is 6.09. The first-order valence-electron chi connectivity index (χ1n) is 7.89. The lowest BCUT2D eigenvalue weighted by Crippen LogP contribution is -2.38. The zero-order valence-corrected chi connectivity index (χ0v) is 18.1. The minimum absolute atomic E-state index is 0.00726. The van der Waals surface area contributed by atoms with Crippen molar-refractivity contribution in [1.29, 1.82) is 0 Å². The minimum atomic E-state index is -5.11. The normalized spacial score (nSPS) is 12.2. The molecule has 0 spiro atoms. The van der Waals surface area contributed by atoms with Crippen LogP contribution < -0.4 is 0 Å². The van der Waals surface area contributed by atoms with E-state index in [1.165, 1.54) is 54.6 Å². The van der Waals surface area contributed by atoms with E-state index in [0.29, 0.717) is 0 Å². The molecule has 0 fully saturated rings. The Morgan fingerprint density at radius 3 is 1.45 bits per heavy atom. The maximum absolute atomic E-state index is 12.9. The molecule has 0 bridgehead atoms. The molecule has 0 aliphatic rings. The SMILES string of the molecule is O=S(=O)(O)C(c1ccc(Cl)c(Cl)c1)(c1ccc(Cl)c(Cl)c1)c1c(O)cccc1O. The molecule has 3 aromatic rings. The van der Waals surface area contributed by atoms with Crippen LogP contribution in [0.15, 0.2) is 54.6 Å². The van der Waals surface area contributed by atoms with Crippen LogP contribution in [0.2, 0.25) is 20.1 Å². The molecule has 3 rings (SSSR count). The molecule has 0 aliphatic heterocycles. The van der Waals surface area contributed by atoms with Gasteiger partial charge in [-0.2, -0.15) is 8.42 Å². The first-order chi connectivity index (χ1) is 13.5. The molecule has 0 saturated carbocycles. The van der Waals surface area contributed by atoms with Crippen LogP contribution in [0.4, 0.5) is 0 Å². The van der Waals surface area contributed by atoms with Gasteiger partial charge >= 0.3 is 0 Å². The predicted octanol–water partition coefficient (Wildman–Crippen LogP) is 5.89. The fraction of sp³-hybridized carbons (Fsp3) is 0.0526. The standard InChI is InChI=1S/C19H12Cl4O5S/c20-12-6-4-10(8-14(12)22)19(29(26,27)28,11-5-7-13(21)15(23)9-11)18-16(24)2-1-3-17(18)25/h1-9,24-25H,(H,26,27,28). The Balaban J connectivity index is 2.60. The fourth-order valence-corrected chi connectivity index (χ4v) is 5.11. The van der Waals surface area contributed by atoms with Crippen molar-refractivity contribution in [1.82, 2.24) is 0 Å². The molecule has 0 radical (unpaired) electrons. The maximum Gasteiger partial charge on any atom is 0.283 e. The number of benzene rings is 3. The monoisotopic (exact) mass is 492 g/mol. The minimum Gasteiger partial charge on any atom is -0.507 e. The Hall–Kier alpha value is -1.67. The number of aromatic hydroxyl groups is 2. The van der Waals surface area contributed by atoms with Crippen molar-refractivity contribution < 1.29 is 23.2 Å². The number of halogens is 4. The summed E-state index contributed by atoms with van der Waals surface area (Å²) in [6.45, 7) is 0. The zero-order chi connectivity index (χ0) is 21.6. The van der Waals surface area contributed by atoms with Crippen LogP contribution in [-0.4, -0.2) is 23.2 Å². The van der Waals surface area contributed by atoms with E-state index in [4.69, 9.17) is 46.4 Å². The van der Waals surface area contributed by atoms with E-state index in [-0.39, 0.29) is 31.2 Å². The average molecular weight is 494 g/mol. The second-order valence-corrected chi connectivity index (χ2v) is 9.28. The first-order valence-corrected chi connectivity index (χ1v) is 10.8. The average Bonchev–Trinajstić information content (AvgIpc) is 2.62. The summed E-state index contributed by atoms with van der Waals surface area (Å²) in [5.74, 6) is -1.17. The highest BCUT2D eigenvalue weighted by molar-refractivity contribution is 7.87. The summed E-state index contributed by atoms with van der Waals surface area (Å²) >= 11 is 24.1. The van der Waals surface area contributed by atoms with Gasteiger partial charge in [-0.3, -0.25) is 4.55 Å². The summed E-state index contributed by atoms with van der Waals surface area (Å²) in [4.78, 5) is 0. The zero-order valence-electron chi connectivity index (χ0n) is 14.3. The molecule has 5 nitrogen and oxygen atoms in total. The summed E-state index contributed by atoms with van der Waals surface area (Å²) in [5.41, 5.74) is -0.673. The highest BCUT2D eigenvalue weighted by Crippen LogP contribution is 2.51. The van der Waals surface area contributed by atoms with E-state index in [2.05, 4.69) is 0 Å². The number of phenols is 2. The quantitative estimate of drug-likeness (QED) is 0.311. The van der Waals surface area contributed by atoms with E-state index >= 15 is 0 Å². The van der Waals surface area contributed by atoms with Crippen molar-refractivity contribution in [2.24, 2.45) is 0 Å². The molecule has 10 heteroatoms. The Bertz CT molecular complexity index is 1140. The van der Waals surface area contributed by atoms with Gasteiger partial charge < -0.3 is 10.2 Å². The van der Waals surface area contributed by atoms with Crippen LogP contribution in [0.25, 0.3) is 0 Å². The molecule has 3 aromatic carbocycles. The van der Waals surface area contributed by atoms with Gasteiger partial charge in [0.25, 0.3) is 10.1 Å². The smallest absolute Gasteiger partial charge is 0.283 e. The molecule has 0 atom stereocenters. The van der Waals surface area contributed by atoms with E-state index in [1.807, 2.05) is 0 Å². The summed E-state index contributed by atoms with van der Waals surface area (Å²) in [6.07, 6.45) is 0. The highest BCUT2D eigenvalue weighted by Gasteiger charge is 2.52. The summed E-state index contributed by atoms with van der Waals surface area (Å²) in [7, 11) is -5.11. The Labute approximate surface area is 186 Å². The molecule has 0 unspecified atom stereocenters. The van der Waals surface area contributed by atoms with Crippen LogP contribution >= 0.6 is 46.4 Å². The first kappa shape index (κ1) is 22.0. The maximum atomic E-state index is 12.9. The van der Waals surface area contributed by atoms with Gasteiger partial charge in [-0.25, -0.2) is 0 Å². The van der Waals surface area contributed by atoms with Gasteiger partial charge in [0.1, 0.15) is 11.5 Å². The number of rotatable bonds is 4. The molecular weight excluding hydrogens is 482 g/mol. The van der Waals surface area contributed by atoms with Gasteiger partial charge in [0.15, 0.2) is 4.75 Å². The van der Waals surface area contributed by atoms with Crippen molar-refractivity contribution in [3.8, 4) is 11.5 Å². The molecular formula is C19H12Cl4O5S. The van der Waals surface area contributed by atoms with Gasteiger partial charge in [-0.15, -0.1) is 0 Å². The highest BCUT2D eigenvalue weighted by atomic mass is 35.5. The van der Waals surface area contributed by atoms with E-state index in [1.54, 1.807) is 0 Å². The summed E-state index contributed by atoms with van der Waals surface area (Å²) in [5, 5.41) is 21.3. The molecule has 29 heavy (non-hydrogen) atoms. The molecule has 0 saturated heterocycles. The van der Waals surface area contributed by atoms with Crippen LogP contribution in [0.3, 0.4) is 0 Å². The Morgan fingerprint density at radius 2 is 1.10 bits per heavy atom. The molecule has 0 heterocycles. The predicted molar refractivity (Wildman–Crippen MR) is 114 cm³/mol. The number of hydrogen-bond donors (Lipinski definition) is 3. The van der Waals surface area contributed by atoms with Gasteiger partial charge in [-0.1, -0.05) is 64.6 Å². The molecule has 0 aromatic heterocycles. The fourth-order valence-electron chi connectivity index (χ4n) is 3.20. The lowest BCUT2D eigenvalue weighted by Gasteiger charge is -2.33. The van der Waals surface area contributed by atoms with Crippen molar-refractivity contribution >= 4 is 56.5 Å². The lowest BCUT2D eigenvalue weighted by molar-refractivity contribution is 0.416. The van der Waals surface area contributed by atoms with Gasteiger partial charge in [-0.05, 0) is 47.5 Å². The van der Waals surface area contributed by atoms with Crippen molar-refractivity contribution in [2.45, 2.75) is 4.75 Å². The van der Waals surface area contributed by atoms with Crippen LogP contribution in [0.5, 0.6) is 11.5 Å². The number of hydrogen-bond acceptors (Lipinski definition) is 4. The van der Waals surface area contributed by atoms with Crippen LogP contribution in [0.1, 0.15) is 16.7 Å². The Kier molecular flexibility index (Phi) is 5.98. The third-order valence-electron chi connectivity index (χ3n) is 4.41. The van der Waals surface area contributed by atoms with Gasteiger partial charge in [0.2, 0.25) is 0 Å². The van der Waals surface area contributed by atoms with E-state index in [0.717, 1.165) is 0 Å². The van der Waals surface area contributed by atoms with Crippen molar-refractivity contribution in [3.63, 3.8) is 0 Å². The van der Waals surface area contributed by atoms with Gasteiger partial charge in [0, 0.05) is 0 Å². The van der Waals surface area contributed by atoms with Crippen LogP contribution in [-0.2, 0) is 14.9 Å². The molecule has 3 N–H and O–H groups in total. The largest absolute Gasteiger partial charge is 0.507 e. The van der Waals surface area contributed by atoms with Crippen molar-refractivity contribution in [2.75, 3.05) is 0 Å². The molecule has 0 amide bonds.